The van der Waals surface area contributed by atoms with Crippen LogP contribution in [0.15, 0.2) is 18.2 Å². The first-order chi connectivity index (χ1) is 9.36. The van der Waals surface area contributed by atoms with Crippen LogP contribution in [0.2, 0.25) is 10.0 Å². The van der Waals surface area contributed by atoms with Gasteiger partial charge in [0.1, 0.15) is 0 Å². The second-order valence-electron chi connectivity index (χ2n) is 5.24. The summed E-state index contributed by atoms with van der Waals surface area (Å²) in [6.45, 7) is 1.66. The molecule has 0 saturated heterocycles. The minimum absolute atomic E-state index is 0.182. The maximum absolute atomic E-state index is 12.2. The molecule has 0 spiro atoms. The number of carboxylic acid groups (broad SMARTS) is 1. The van der Waals surface area contributed by atoms with E-state index in [2.05, 4.69) is 5.32 Å². The summed E-state index contributed by atoms with van der Waals surface area (Å²) in [6, 6.07) is 4.39. The molecular weight excluding hydrogens is 301 g/mol. The largest absolute Gasteiger partial charge is 0.481 e. The number of halogens is 2. The monoisotopic (exact) mass is 315 g/mol. The topological polar surface area (TPSA) is 66.4 Å². The number of hydrogen-bond donors (Lipinski definition) is 2. The summed E-state index contributed by atoms with van der Waals surface area (Å²) in [5.41, 5.74) is -0.667. The Kier molecular flexibility index (Phi) is 4.25. The Morgan fingerprint density at radius 2 is 2.10 bits per heavy atom. The molecular formula is C14H15Cl2NO3. The van der Waals surface area contributed by atoms with Gasteiger partial charge in [-0.2, -0.15) is 0 Å². The van der Waals surface area contributed by atoms with Gasteiger partial charge in [0.15, 0.2) is 0 Å². The molecule has 0 heterocycles. The lowest BCUT2D eigenvalue weighted by Gasteiger charge is -2.27. The van der Waals surface area contributed by atoms with Crippen LogP contribution in [0.5, 0.6) is 0 Å². The number of hydrogen-bond acceptors (Lipinski definition) is 2. The zero-order chi connectivity index (χ0) is 14.9. The molecule has 2 N–H and O–H groups in total. The molecule has 1 fully saturated rings. The lowest BCUT2D eigenvalue weighted by atomic mass is 9.85. The van der Waals surface area contributed by atoms with Gasteiger partial charge < -0.3 is 10.4 Å². The van der Waals surface area contributed by atoms with Crippen LogP contribution in [0.25, 0.3) is 0 Å². The third-order valence-corrected chi connectivity index (χ3v) is 4.77. The number of aliphatic carboxylic acids is 1. The van der Waals surface area contributed by atoms with E-state index in [1.165, 1.54) is 0 Å². The number of benzene rings is 1. The van der Waals surface area contributed by atoms with E-state index in [1.807, 2.05) is 0 Å². The third kappa shape index (κ3) is 2.63. The highest BCUT2D eigenvalue weighted by Crippen LogP contribution is 2.38. The van der Waals surface area contributed by atoms with Crippen molar-refractivity contribution in [1.29, 1.82) is 0 Å². The Hall–Kier alpha value is -1.26. The van der Waals surface area contributed by atoms with Crippen LogP contribution in [0.4, 0.5) is 0 Å². The van der Waals surface area contributed by atoms with Crippen molar-refractivity contribution in [3.63, 3.8) is 0 Å². The molecule has 0 radical (unpaired) electrons. The molecule has 1 amide bonds. The maximum atomic E-state index is 12.2. The normalized spacial score (nSPS) is 25.4. The molecule has 6 heteroatoms. The second kappa shape index (κ2) is 5.62. The fourth-order valence-electron chi connectivity index (χ4n) is 2.57. The smallest absolute Gasteiger partial charge is 0.311 e. The predicted molar refractivity (Wildman–Crippen MR) is 77.3 cm³/mol. The Morgan fingerprint density at radius 3 is 2.75 bits per heavy atom. The van der Waals surface area contributed by atoms with Gasteiger partial charge in [-0.1, -0.05) is 35.7 Å². The lowest BCUT2D eigenvalue weighted by Crippen LogP contribution is -2.47. The summed E-state index contributed by atoms with van der Waals surface area (Å²) < 4.78 is 0. The fourth-order valence-corrected chi connectivity index (χ4v) is 2.96. The average molecular weight is 316 g/mol. The number of carboxylic acids is 1. The van der Waals surface area contributed by atoms with Gasteiger partial charge in [-0.3, -0.25) is 9.59 Å². The number of carbonyl (C=O) groups is 2. The van der Waals surface area contributed by atoms with Crippen LogP contribution in [0.1, 0.15) is 36.5 Å². The third-order valence-electron chi connectivity index (χ3n) is 3.95. The molecule has 1 aromatic carbocycles. The molecule has 0 bridgehead atoms. The number of rotatable bonds is 3. The quantitative estimate of drug-likeness (QED) is 0.898. The molecule has 2 unspecified atom stereocenters. The molecule has 1 aliphatic carbocycles. The van der Waals surface area contributed by atoms with Gasteiger partial charge in [0.25, 0.3) is 5.91 Å². The van der Waals surface area contributed by atoms with Crippen molar-refractivity contribution in [1.82, 2.24) is 5.32 Å². The number of nitrogens with one attached hydrogen (secondary N) is 1. The minimum Gasteiger partial charge on any atom is -0.481 e. The summed E-state index contributed by atoms with van der Waals surface area (Å²) >= 11 is 11.9. The van der Waals surface area contributed by atoms with Crippen molar-refractivity contribution < 1.29 is 14.7 Å². The van der Waals surface area contributed by atoms with E-state index in [4.69, 9.17) is 23.2 Å². The molecule has 0 aromatic heterocycles. The van der Waals surface area contributed by atoms with Crippen LogP contribution >= 0.6 is 23.2 Å². The molecule has 108 valence electrons. The Labute approximate surface area is 127 Å². The Balaban J connectivity index is 2.20. The average Bonchev–Trinajstić information content (AvgIpc) is 2.75. The van der Waals surface area contributed by atoms with E-state index in [0.29, 0.717) is 17.9 Å². The van der Waals surface area contributed by atoms with Crippen molar-refractivity contribution in [2.75, 3.05) is 0 Å². The van der Waals surface area contributed by atoms with Crippen LogP contribution in [-0.2, 0) is 4.79 Å². The van der Waals surface area contributed by atoms with Gasteiger partial charge >= 0.3 is 5.97 Å². The highest BCUT2D eigenvalue weighted by atomic mass is 35.5. The summed E-state index contributed by atoms with van der Waals surface area (Å²) in [4.78, 5) is 23.6. The highest BCUT2D eigenvalue weighted by molar-refractivity contribution is 6.43. The van der Waals surface area contributed by atoms with Crippen LogP contribution in [-0.4, -0.2) is 23.0 Å². The van der Waals surface area contributed by atoms with E-state index >= 15 is 0 Å². The lowest BCUT2D eigenvalue weighted by molar-refractivity contribution is -0.148. The molecule has 1 aliphatic rings. The van der Waals surface area contributed by atoms with Crippen molar-refractivity contribution in [2.45, 2.75) is 32.2 Å². The summed E-state index contributed by atoms with van der Waals surface area (Å²) in [6.07, 6.45) is 1.97. The zero-order valence-corrected chi connectivity index (χ0v) is 12.5. The van der Waals surface area contributed by atoms with Gasteiger partial charge in [-0.05, 0) is 31.9 Å². The number of carbonyl (C=O) groups excluding carboxylic acids is 1. The first-order valence-electron chi connectivity index (χ1n) is 6.34. The number of amides is 1. The maximum Gasteiger partial charge on any atom is 0.311 e. The van der Waals surface area contributed by atoms with Crippen molar-refractivity contribution in [3.05, 3.63) is 33.8 Å². The zero-order valence-electron chi connectivity index (χ0n) is 11.0. The van der Waals surface area contributed by atoms with Gasteiger partial charge in [-0.15, -0.1) is 0 Å². The van der Waals surface area contributed by atoms with Gasteiger partial charge in [0.2, 0.25) is 0 Å². The summed E-state index contributed by atoms with van der Waals surface area (Å²) in [7, 11) is 0. The predicted octanol–water partition coefficient (Wildman–Crippen LogP) is 3.37. The highest BCUT2D eigenvalue weighted by Gasteiger charge is 2.46. The van der Waals surface area contributed by atoms with Crippen LogP contribution in [0, 0.1) is 5.41 Å². The van der Waals surface area contributed by atoms with Crippen molar-refractivity contribution in [3.8, 4) is 0 Å². The fraction of sp³-hybridized carbons (Fsp3) is 0.429. The summed E-state index contributed by atoms with van der Waals surface area (Å²) in [5, 5.41) is 12.6. The molecule has 2 rings (SSSR count). The van der Waals surface area contributed by atoms with E-state index in [-0.39, 0.29) is 10.6 Å². The van der Waals surface area contributed by atoms with Gasteiger partial charge in [-0.25, -0.2) is 0 Å². The molecule has 1 saturated carbocycles. The minimum atomic E-state index is -0.930. The van der Waals surface area contributed by atoms with Crippen LogP contribution in [0.3, 0.4) is 0 Å². The van der Waals surface area contributed by atoms with E-state index < -0.39 is 23.3 Å². The van der Waals surface area contributed by atoms with Crippen molar-refractivity contribution in [2.24, 2.45) is 5.41 Å². The SMILES string of the molecule is CC1(C(=O)O)CCCC1NC(=O)c1cccc(Cl)c1Cl. The first kappa shape index (κ1) is 15.1. The second-order valence-corrected chi connectivity index (χ2v) is 6.03. The molecule has 20 heavy (non-hydrogen) atoms. The Bertz CT molecular complexity index is 561. The molecule has 4 nitrogen and oxygen atoms in total. The van der Waals surface area contributed by atoms with Gasteiger partial charge in [0, 0.05) is 6.04 Å². The Morgan fingerprint density at radius 1 is 1.40 bits per heavy atom. The molecule has 1 aromatic rings. The van der Waals surface area contributed by atoms with E-state index in [1.54, 1.807) is 25.1 Å². The van der Waals surface area contributed by atoms with E-state index in [0.717, 1.165) is 6.42 Å². The van der Waals surface area contributed by atoms with E-state index in [9.17, 15) is 14.7 Å². The molecule has 2 atom stereocenters. The first-order valence-corrected chi connectivity index (χ1v) is 7.10. The standard InChI is InChI=1S/C14H15Cl2NO3/c1-14(13(19)20)7-3-6-10(14)17-12(18)8-4-2-5-9(15)11(8)16/h2,4-5,10H,3,6-7H2,1H3,(H,17,18)(H,19,20). The van der Waals surface area contributed by atoms with Crippen LogP contribution < -0.4 is 5.32 Å². The summed E-state index contributed by atoms with van der Waals surface area (Å²) in [5.74, 6) is -1.28. The van der Waals surface area contributed by atoms with Gasteiger partial charge in [0.05, 0.1) is 21.0 Å². The van der Waals surface area contributed by atoms with Crippen molar-refractivity contribution >= 4 is 35.1 Å². The molecule has 0 aliphatic heterocycles.